The molecule has 0 aromatic heterocycles. The summed E-state index contributed by atoms with van der Waals surface area (Å²) >= 11 is 11.9. The number of esters is 1. The number of hydrogen-bond donors (Lipinski definition) is 2. The van der Waals surface area contributed by atoms with Gasteiger partial charge in [0.25, 0.3) is 5.91 Å². The molecule has 0 saturated heterocycles. The molecule has 2 N–H and O–H groups in total. The van der Waals surface area contributed by atoms with Gasteiger partial charge in [-0.15, -0.1) is 0 Å². The number of rotatable bonds is 8. The minimum atomic E-state index is -0.552. The lowest BCUT2D eigenvalue weighted by molar-refractivity contribution is -0.147. The first-order valence-corrected chi connectivity index (χ1v) is 9.37. The van der Waals surface area contributed by atoms with Crippen LogP contribution < -0.4 is 10.6 Å². The molecule has 8 heteroatoms. The van der Waals surface area contributed by atoms with Crippen molar-refractivity contribution in [1.29, 1.82) is 0 Å². The van der Waals surface area contributed by atoms with Crippen LogP contribution in [0.15, 0.2) is 42.5 Å². The smallest absolute Gasteiger partial charge is 0.306 e. The van der Waals surface area contributed by atoms with Gasteiger partial charge in [0.15, 0.2) is 6.61 Å². The van der Waals surface area contributed by atoms with Gasteiger partial charge in [0.2, 0.25) is 5.91 Å². The summed E-state index contributed by atoms with van der Waals surface area (Å²) < 4.78 is 4.93. The Kier molecular flexibility index (Phi) is 8.29. The highest BCUT2D eigenvalue weighted by atomic mass is 35.5. The summed E-state index contributed by atoms with van der Waals surface area (Å²) in [5.74, 6) is -1.27. The van der Waals surface area contributed by atoms with Crippen LogP contribution in [-0.4, -0.2) is 24.4 Å². The number of nitrogens with one attached hydrogen (secondary N) is 2. The highest BCUT2D eigenvalue weighted by molar-refractivity contribution is 6.33. The highest BCUT2D eigenvalue weighted by Crippen LogP contribution is 2.21. The molecule has 0 atom stereocenters. The van der Waals surface area contributed by atoms with Gasteiger partial charge in [-0.1, -0.05) is 41.4 Å². The Morgan fingerprint density at radius 2 is 1.64 bits per heavy atom. The Labute approximate surface area is 173 Å². The van der Waals surface area contributed by atoms with Gasteiger partial charge in [-0.05, 0) is 43.2 Å². The van der Waals surface area contributed by atoms with Gasteiger partial charge in [0.1, 0.15) is 0 Å². The molecule has 0 aliphatic rings. The molecule has 0 saturated carbocycles. The van der Waals surface area contributed by atoms with Crippen LogP contribution in [0.5, 0.6) is 0 Å². The van der Waals surface area contributed by atoms with Crippen LogP contribution >= 0.6 is 23.2 Å². The summed E-state index contributed by atoms with van der Waals surface area (Å²) in [5.41, 5.74) is 1.92. The molecule has 2 aromatic carbocycles. The Balaban J connectivity index is 1.67. The lowest BCUT2D eigenvalue weighted by Gasteiger charge is -2.09. The van der Waals surface area contributed by atoms with Gasteiger partial charge in [-0.2, -0.15) is 0 Å². The largest absolute Gasteiger partial charge is 0.456 e. The molecule has 0 bridgehead atoms. The van der Waals surface area contributed by atoms with E-state index in [1.54, 1.807) is 42.5 Å². The molecular weight excluding hydrogens is 403 g/mol. The third-order valence-electron chi connectivity index (χ3n) is 3.77. The van der Waals surface area contributed by atoms with E-state index in [4.69, 9.17) is 27.9 Å². The van der Waals surface area contributed by atoms with Crippen LogP contribution in [0, 0.1) is 6.92 Å². The van der Waals surface area contributed by atoms with Crippen LogP contribution in [0.4, 0.5) is 11.4 Å². The van der Waals surface area contributed by atoms with E-state index in [1.807, 2.05) is 6.92 Å². The van der Waals surface area contributed by atoms with E-state index >= 15 is 0 Å². The third kappa shape index (κ3) is 7.21. The number of halogens is 2. The van der Waals surface area contributed by atoms with Crippen LogP contribution in [0.3, 0.4) is 0 Å². The molecule has 148 valence electrons. The standard InChI is InChI=1S/C20H20Cl2N2O4/c1-13-9-10-14(21)11-17(13)24-19(26)12-28-20(27)8-4-7-18(25)23-16-6-3-2-5-15(16)22/h2-3,5-6,9-11H,4,7-8,12H2,1H3,(H,23,25)(H,24,26). The van der Waals surface area contributed by atoms with Crippen molar-refractivity contribution < 1.29 is 19.1 Å². The molecule has 0 heterocycles. The van der Waals surface area contributed by atoms with Crippen molar-refractivity contribution in [1.82, 2.24) is 0 Å². The SMILES string of the molecule is Cc1ccc(Cl)cc1NC(=O)COC(=O)CCCC(=O)Nc1ccccc1Cl. The molecule has 2 aromatic rings. The second kappa shape index (κ2) is 10.7. The minimum Gasteiger partial charge on any atom is -0.456 e. The molecular formula is C20H20Cl2N2O4. The van der Waals surface area contributed by atoms with E-state index < -0.39 is 18.5 Å². The Morgan fingerprint density at radius 3 is 2.39 bits per heavy atom. The molecule has 0 fully saturated rings. The van der Waals surface area contributed by atoms with Crippen LogP contribution in [0.2, 0.25) is 10.0 Å². The maximum absolute atomic E-state index is 11.9. The van der Waals surface area contributed by atoms with Gasteiger partial charge in [-0.3, -0.25) is 14.4 Å². The second-order valence-corrected chi connectivity index (χ2v) is 6.89. The summed E-state index contributed by atoms with van der Waals surface area (Å²) in [4.78, 5) is 35.5. The average Bonchev–Trinajstić information content (AvgIpc) is 2.65. The lowest BCUT2D eigenvalue weighted by Crippen LogP contribution is -2.21. The number of carbonyl (C=O) groups excluding carboxylic acids is 3. The van der Waals surface area contributed by atoms with Crippen LogP contribution in [-0.2, 0) is 19.1 Å². The van der Waals surface area contributed by atoms with Gasteiger partial charge in [0, 0.05) is 23.6 Å². The predicted octanol–water partition coefficient (Wildman–Crippen LogP) is 4.59. The molecule has 0 aliphatic heterocycles. The molecule has 6 nitrogen and oxygen atoms in total. The summed E-state index contributed by atoms with van der Waals surface area (Å²) in [6.07, 6.45) is 0.456. The highest BCUT2D eigenvalue weighted by Gasteiger charge is 2.11. The summed E-state index contributed by atoms with van der Waals surface area (Å²) in [6, 6.07) is 12.0. The van der Waals surface area contributed by atoms with E-state index in [9.17, 15) is 14.4 Å². The fourth-order valence-corrected chi connectivity index (χ4v) is 2.66. The van der Waals surface area contributed by atoms with E-state index in [0.717, 1.165) is 5.56 Å². The number of anilines is 2. The number of aryl methyl sites for hydroxylation is 1. The quantitative estimate of drug-likeness (QED) is 0.609. The zero-order chi connectivity index (χ0) is 20.5. The first-order valence-electron chi connectivity index (χ1n) is 8.61. The number of hydrogen-bond acceptors (Lipinski definition) is 4. The van der Waals surface area contributed by atoms with Crippen molar-refractivity contribution in [3.05, 3.63) is 58.1 Å². The summed E-state index contributed by atoms with van der Waals surface area (Å²) in [7, 11) is 0. The fraction of sp³-hybridized carbons (Fsp3) is 0.250. The molecule has 0 radical (unpaired) electrons. The number of carbonyl (C=O) groups is 3. The molecule has 28 heavy (non-hydrogen) atoms. The number of ether oxygens (including phenoxy) is 1. The van der Waals surface area contributed by atoms with Crippen molar-refractivity contribution in [2.75, 3.05) is 17.2 Å². The van der Waals surface area contributed by atoms with E-state index in [1.165, 1.54) is 0 Å². The number of benzene rings is 2. The number of amides is 2. The van der Waals surface area contributed by atoms with Crippen molar-refractivity contribution in [2.24, 2.45) is 0 Å². The zero-order valence-electron chi connectivity index (χ0n) is 15.3. The van der Waals surface area contributed by atoms with E-state index in [0.29, 0.717) is 27.8 Å². The third-order valence-corrected chi connectivity index (χ3v) is 4.34. The molecule has 2 amide bonds. The topological polar surface area (TPSA) is 84.5 Å². The predicted molar refractivity (Wildman–Crippen MR) is 110 cm³/mol. The molecule has 0 unspecified atom stereocenters. The monoisotopic (exact) mass is 422 g/mol. The Bertz CT molecular complexity index is 871. The maximum Gasteiger partial charge on any atom is 0.306 e. The van der Waals surface area contributed by atoms with Crippen LogP contribution in [0.1, 0.15) is 24.8 Å². The zero-order valence-corrected chi connectivity index (χ0v) is 16.8. The Hall–Kier alpha value is -2.57. The summed E-state index contributed by atoms with van der Waals surface area (Å²) in [6.45, 7) is 1.42. The van der Waals surface area contributed by atoms with Crippen molar-refractivity contribution in [3.8, 4) is 0 Å². The van der Waals surface area contributed by atoms with Gasteiger partial charge in [0.05, 0.1) is 10.7 Å². The first-order chi connectivity index (χ1) is 13.3. The van der Waals surface area contributed by atoms with Crippen molar-refractivity contribution in [2.45, 2.75) is 26.2 Å². The maximum atomic E-state index is 11.9. The minimum absolute atomic E-state index is 0.0272. The van der Waals surface area contributed by atoms with Gasteiger partial charge < -0.3 is 15.4 Å². The van der Waals surface area contributed by atoms with E-state index in [2.05, 4.69) is 10.6 Å². The number of para-hydroxylation sites is 1. The Morgan fingerprint density at radius 1 is 0.929 bits per heavy atom. The summed E-state index contributed by atoms with van der Waals surface area (Å²) in [5, 5.41) is 6.24. The first kappa shape index (κ1) is 21.7. The average molecular weight is 423 g/mol. The van der Waals surface area contributed by atoms with E-state index in [-0.39, 0.29) is 18.7 Å². The molecule has 0 spiro atoms. The normalized spacial score (nSPS) is 10.2. The molecule has 0 aliphatic carbocycles. The lowest BCUT2D eigenvalue weighted by atomic mass is 10.2. The second-order valence-electron chi connectivity index (χ2n) is 6.05. The van der Waals surface area contributed by atoms with Crippen molar-refractivity contribution >= 4 is 52.4 Å². The van der Waals surface area contributed by atoms with Gasteiger partial charge in [-0.25, -0.2) is 0 Å². The fourth-order valence-electron chi connectivity index (χ4n) is 2.30. The van der Waals surface area contributed by atoms with Crippen LogP contribution in [0.25, 0.3) is 0 Å². The molecule has 2 rings (SSSR count). The van der Waals surface area contributed by atoms with Crippen molar-refractivity contribution in [3.63, 3.8) is 0 Å². The van der Waals surface area contributed by atoms with Gasteiger partial charge >= 0.3 is 5.97 Å².